The Hall–Kier alpha value is -2.91. The molecule has 138 valence electrons. The van der Waals surface area contributed by atoms with Gasteiger partial charge in [0.2, 0.25) is 15.9 Å². The number of carbonyl (C=O) groups is 2. The van der Waals surface area contributed by atoms with E-state index in [0.717, 1.165) is 0 Å². The molecule has 0 heterocycles. The van der Waals surface area contributed by atoms with Crippen LogP contribution in [0.5, 0.6) is 5.75 Å². The Labute approximate surface area is 151 Å². The molecule has 0 unspecified atom stereocenters. The number of anilines is 1. The molecule has 26 heavy (non-hydrogen) atoms. The highest BCUT2D eigenvalue weighted by Gasteiger charge is 2.17. The van der Waals surface area contributed by atoms with Gasteiger partial charge in [-0.1, -0.05) is 12.1 Å². The van der Waals surface area contributed by atoms with Crippen molar-refractivity contribution in [2.24, 2.45) is 5.14 Å². The number of carbonyl (C=O) groups excluding carboxylic acids is 2. The van der Waals surface area contributed by atoms with Gasteiger partial charge in [-0.05, 0) is 30.3 Å². The first-order chi connectivity index (χ1) is 12.2. The number of hydrogen-bond acceptors (Lipinski definition) is 5. The molecule has 0 saturated heterocycles. The van der Waals surface area contributed by atoms with Gasteiger partial charge in [0, 0.05) is 24.4 Å². The second kappa shape index (κ2) is 7.98. The van der Waals surface area contributed by atoms with Crippen molar-refractivity contribution in [1.29, 1.82) is 0 Å². The number of sulfonamides is 1. The second-order valence-electron chi connectivity index (χ2n) is 5.51. The van der Waals surface area contributed by atoms with E-state index in [1.807, 2.05) is 0 Å². The fraction of sp³-hybridized carbons (Fsp3) is 0.176. The predicted molar refractivity (Wildman–Crippen MR) is 96.4 cm³/mol. The molecule has 0 saturated carbocycles. The molecule has 2 aromatic rings. The lowest BCUT2D eigenvalue weighted by atomic mass is 10.2. The van der Waals surface area contributed by atoms with E-state index in [1.54, 1.807) is 24.3 Å². The van der Waals surface area contributed by atoms with Crippen molar-refractivity contribution >= 4 is 27.5 Å². The van der Waals surface area contributed by atoms with Crippen LogP contribution in [-0.4, -0.2) is 45.8 Å². The van der Waals surface area contributed by atoms with Crippen molar-refractivity contribution in [2.45, 2.75) is 4.90 Å². The number of primary sulfonamides is 1. The Kier molecular flexibility index (Phi) is 5.96. The summed E-state index contributed by atoms with van der Waals surface area (Å²) < 4.78 is 27.9. The van der Waals surface area contributed by atoms with Gasteiger partial charge in [0.15, 0.2) is 0 Å². The van der Waals surface area contributed by atoms with Crippen LogP contribution in [0.25, 0.3) is 0 Å². The molecule has 2 aromatic carbocycles. The summed E-state index contributed by atoms with van der Waals surface area (Å²) in [6, 6.07) is 12.1. The molecule has 0 fully saturated rings. The van der Waals surface area contributed by atoms with E-state index in [-0.39, 0.29) is 17.0 Å². The van der Waals surface area contributed by atoms with Crippen molar-refractivity contribution in [1.82, 2.24) is 4.90 Å². The van der Waals surface area contributed by atoms with E-state index < -0.39 is 21.8 Å². The van der Waals surface area contributed by atoms with E-state index in [2.05, 4.69) is 5.32 Å². The number of methoxy groups -OCH3 is 1. The van der Waals surface area contributed by atoms with Gasteiger partial charge in [0.1, 0.15) is 5.75 Å². The highest BCUT2D eigenvalue weighted by atomic mass is 32.2. The number of nitrogens with zero attached hydrogens (tertiary/aromatic N) is 1. The lowest BCUT2D eigenvalue weighted by Gasteiger charge is -2.17. The van der Waals surface area contributed by atoms with E-state index >= 15 is 0 Å². The first kappa shape index (κ1) is 19.4. The SMILES string of the molecule is COc1cccc(NC(=O)CN(C)C(=O)c2cccc(S(N)(=O)=O)c2)c1. The first-order valence-electron chi connectivity index (χ1n) is 7.53. The van der Waals surface area contributed by atoms with Gasteiger partial charge in [-0.3, -0.25) is 9.59 Å². The largest absolute Gasteiger partial charge is 0.497 e. The molecular weight excluding hydrogens is 358 g/mol. The fourth-order valence-corrected chi connectivity index (χ4v) is 2.77. The number of rotatable bonds is 6. The summed E-state index contributed by atoms with van der Waals surface area (Å²) in [5.41, 5.74) is 0.652. The molecule has 0 aliphatic heterocycles. The van der Waals surface area contributed by atoms with Crippen molar-refractivity contribution in [3.8, 4) is 5.75 Å². The second-order valence-corrected chi connectivity index (χ2v) is 7.08. The number of nitrogens with one attached hydrogen (secondary N) is 1. The van der Waals surface area contributed by atoms with Crippen LogP contribution in [0.2, 0.25) is 0 Å². The van der Waals surface area contributed by atoms with Crippen LogP contribution in [0, 0.1) is 0 Å². The average molecular weight is 377 g/mol. The summed E-state index contributed by atoms with van der Waals surface area (Å²) in [7, 11) is -0.958. The minimum Gasteiger partial charge on any atom is -0.497 e. The van der Waals surface area contributed by atoms with Crippen LogP contribution >= 0.6 is 0 Å². The van der Waals surface area contributed by atoms with Crippen molar-refractivity contribution in [3.63, 3.8) is 0 Å². The zero-order chi connectivity index (χ0) is 19.3. The van der Waals surface area contributed by atoms with Crippen molar-refractivity contribution in [2.75, 3.05) is 26.0 Å². The van der Waals surface area contributed by atoms with Crippen LogP contribution in [0.15, 0.2) is 53.4 Å². The van der Waals surface area contributed by atoms with Crippen molar-refractivity contribution in [3.05, 3.63) is 54.1 Å². The van der Waals surface area contributed by atoms with Crippen LogP contribution in [0.4, 0.5) is 5.69 Å². The number of amides is 2. The van der Waals surface area contributed by atoms with E-state index in [9.17, 15) is 18.0 Å². The number of likely N-dealkylation sites (N-methyl/N-ethyl adjacent to an activating group) is 1. The summed E-state index contributed by atoms with van der Waals surface area (Å²) in [4.78, 5) is 25.5. The molecule has 2 rings (SSSR count). The molecule has 9 heteroatoms. The molecule has 8 nitrogen and oxygen atoms in total. The summed E-state index contributed by atoms with van der Waals surface area (Å²) in [6.45, 7) is -0.213. The molecular formula is C17H19N3O5S. The van der Waals surface area contributed by atoms with Gasteiger partial charge in [-0.2, -0.15) is 0 Å². The topological polar surface area (TPSA) is 119 Å². The minimum absolute atomic E-state index is 0.119. The van der Waals surface area contributed by atoms with Gasteiger partial charge < -0.3 is 15.0 Å². The molecule has 0 aromatic heterocycles. The Bertz CT molecular complexity index is 928. The maximum Gasteiger partial charge on any atom is 0.254 e. The monoisotopic (exact) mass is 377 g/mol. The Morgan fingerprint density at radius 3 is 2.50 bits per heavy atom. The maximum atomic E-state index is 12.4. The van der Waals surface area contributed by atoms with Crippen LogP contribution in [0.1, 0.15) is 10.4 Å². The summed E-state index contributed by atoms with van der Waals surface area (Å²) in [5, 5.41) is 7.73. The average Bonchev–Trinajstić information content (AvgIpc) is 2.60. The van der Waals surface area contributed by atoms with E-state index in [4.69, 9.17) is 9.88 Å². The van der Waals surface area contributed by atoms with Gasteiger partial charge in [0.25, 0.3) is 5.91 Å². The van der Waals surface area contributed by atoms with Gasteiger partial charge in [0.05, 0.1) is 18.6 Å². The highest BCUT2D eigenvalue weighted by Crippen LogP contribution is 2.17. The number of ether oxygens (including phenoxy) is 1. The zero-order valence-electron chi connectivity index (χ0n) is 14.3. The first-order valence-corrected chi connectivity index (χ1v) is 9.07. The molecule has 0 radical (unpaired) electrons. The van der Waals surface area contributed by atoms with Crippen LogP contribution < -0.4 is 15.2 Å². The van der Waals surface area contributed by atoms with Gasteiger partial charge in [-0.15, -0.1) is 0 Å². The van der Waals surface area contributed by atoms with E-state index in [0.29, 0.717) is 11.4 Å². The number of hydrogen-bond donors (Lipinski definition) is 2. The summed E-state index contributed by atoms with van der Waals surface area (Å²) in [5.74, 6) is -0.319. The molecule has 0 aliphatic rings. The molecule has 2 amide bonds. The molecule has 0 aliphatic carbocycles. The normalized spacial score (nSPS) is 10.9. The Morgan fingerprint density at radius 1 is 1.15 bits per heavy atom. The van der Waals surface area contributed by atoms with Gasteiger partial charge >= 0.3 is 0 Å². The van der Waals surface area contributed by atoms with Gasteiger partial charge in [-0.25, -0.2) is 13.6 Å². The minimum atomic E-state index is -3.92. The summed E-state index contributed by atoms with van der Waals surface area (Å²) in [6.07, 6.45) is 0. The van der Waals surface area contributed by atoms with E-state index in [1.165, 1.54) is 43.3 Å². The third-order valence-corrected chi connectivity index (χ3v) is 4.40. The summed E-state index contributed by atoms with van der Waals surface area (Å²) >= 11 is 0. The Balaban J connectivity index is 2.05. The maximum absolute atomic E-state index is 12.4. The smallest absolute Gasteiger partial charge is 0.254 e. The quantitative estimate of drug-likeness (QED) is 0.780. The van der Waals surface area contributed by atoms with Crippen LogP contribution in [0.3, 0.4) is 0 Å². The highest BCUT2D eigenvalue weighted by molar-refractivity contribution is 7.89. The fourth-order valence-electron chi connectivity index (χ4n) is 2.22. The molecule has 3 N–H and O–H groups in total. The number of nitrogens with two attached hydrogens (primary N) is 1. The predicted octanol–water partition coefficient (Wildman–Crippen LogP) is 1.05. The third-order valence-electron chi connectivity index (χ3n) is 3.49. The zero-order valence-corrected chi connectivity index (χ0v) is 15.1. The lowest BCUT2D eigenvalue weighted by molar-refractivity contribution is -0.116. The molecule has 0 bridgehead atoms. The third kappa shape index (κ3) is 5.04. The van der Waals surface area contributed by atoms with Crippen LogP contribution in [-0.2, 0) is 14.8 Å². The molecule has 0 atom stereocenters. The van der Waals surface area contributed by atoms with Crippen molar-refractivity contribution < 1.29 is 22.7 Å². The standard InChI is InChI=1S/C17H19N3O5S/c1-20(11-16(21)19-13-6-4-7-14(10-13)25-2)17(22)12-5-3-8-15(9-12)26(18,23)24/h3-10H,11H2,1-2H3,(H,19,21)(H2,18,23,24). The Morgan fingerprint density at radius 2 is 1.85 bits per heavy atom. The molecule has 0 spiro atoms. The number of benzene rings is 2. The lowest BCUT2D eigenvalue weighted by Crippen LogP contribution is -2.35.